The van der Waals surface area contributed by atoms with Crippen LogP contribution in [0.15, 0.2) is 36.4 Å². The van der Waals surface area contributed by atoms with E-state index in [1.165, 1.54) is 35.6 Å². The Bertz CT molecular complexity index is 855. The Morgan fingerprint density at radius 1 is 1.16 bits per heavy atom. The van der Waals surface area contributed by atoms with E-state index >= 15 is 0 Å². The van der Waals surface area contributed by atoms with Crippen molar-refractivity contribution < 1.29 is 23.4 Å². The van der Waals surface area contributed by atoms with Crippen molar-refractivity contribution >= 4 is 32.6 Å². The van der Waals surface area contributed by atoms with Crippen LogP contribution in [0.3, 0.4) is 0 Å². The number of halogens is 1. The number of carbonyl (C=O) groups is 1. The van der Waals surface area contributed by atoms with Gasteiger partial charge < -0.3 is 14.2 Å². The lowest BCUT2D eigenvalue weighted by molar-refractivity contribution is -0.118. The van der Waals surface area contributed by atoms with Crippen LogP contribution in [-0.2, 0) is 4.79 Å². The lowest BCUT2D eigenvalue weighted by Crippen LogP contribution is -2.19. The lowest BCUT2D eigenvalue weighted by atomic mass is 10.3. The molecule has 1 aromatic heterocycles. The van der Waals surface area contributed by atoms with Crippen molar-refractivity contribution in [3.63, 3.8) is 0 Å². The second kappa shape index (κ2) is 7.35. The number of benzene rings is 2. The number of aromatic nitrogens is 1. The molecule has 1 heterocycles. The minimum Gasteiger partial charge on any atom is -0.493 e. The highest BCUT2D eigenvalue weighted by molar-refractivity contribution is 7.22. The number of amides is 1. The largest absolute Gasteiger partial charge is 0.493 e. The maximum atomic E-state index is 12.8. The number of ether oxygens (including phenoxy) is 3. The number of hydrogen-bond donors (Lipinski definition) is 1. The van der Waals surface area contributed by atoms with Gasteiger partial charge in [-0.25, -0.2) is 9.37 Å². The molecule has 8 heteroatoms. The Morgan fingerprint density at radius 2 is 1.84 bits per heavy atom. The fourth-order valence-corrected chi connectivity index (χ4v) is 3.04. The van der Waals surface area contributed by atoms with Crippen LogP contribution >= 0.6 is 11.3 Å². The summed E-state index contributed by atoms with van der Waals surface area (Å²) in [7, 11) is 3.10. The van der Waals surface area contributed by atoms with Gasteiger partial charge in [0.2, 0.25) is 0 Å². The van der Waals surface area contributed by atoms with Crippen LogP contribution < -0.4 is 19.5 Å². The van der Waals surface area contributed by atoms with Crippen LogP contribution in [0, 0.1) is 5.82 Å². The zero-order chi connectivity index (χ0) is 17.8. The van der Waals surface area contributed by atoms with E-state index in [9.17, 15) is 9.18 Å². The number of fused-ring (bicyclic) bond motifs is 1. The average Bonchev–Trinajstić information content (AvgIpc) is 3.00. The summed E-state index contributed by atoms with van der Waals surface area (Å²) in [6.07, 6.45) is 0. The van der Waals surface area contributed by atoms with Gasteiger partial charge in [-0.15, -0.1) is 0 Å². The molecule has 6 nitrogen and oxygen atoms in total. The molecule has 1 N–H and O–H groups in total. The van der Waals surface area contributed by atoms with Gasteiger partial charge in [-0.05, 0) is 24.3 Å². The SMILES string of the molecule is COc1cc2nc(NC(=O)COc3ccc(F)cc3)sc2cc1OC. The Balaban J connectivity index is 1.67. The van der Waals surface area contributed by atoms with Crippen molar-refractivity contribution in [2.24, 2.45) is 0 Å². The van der Waals surface area contributed by atoms with Gasteiger partial charge in [0, 0.05) is 12.1 Å². The zero-order valence-corrected chi connectivity index (χ0v) is 14.4. The van der Waals surface area contributed by atoms with Crippen molar-refractivity contribution in [1.82, 2.24) is 4.98 Å². The molecule has 2 aromatic carbocycles. The quantitative estimate of drug-likeness (QED) is 0.727. The number of anilines is 1. The Hall–Kier alpha value is -2.87. The van der Waals surface area contributed by atoms with Crippen LogP contribution in [0.1, 0.15) is 0 Å². The van der Waals surface area contributed by atoms with Gasteiger partial charge in [-0.1, -0.05) is 11.3 Å². The molecule has 0 spiro atoms. The number of carbonyl (C=O) groups excluding carboxylic acids is 1. The Labute approximate surface area is 147 Å². The molecule has 0 saturated carbocycles. The maximum absolute atomic E-state index is 12.8. The third-order valence-corrected chi connectivity index (χ3v) is 4.26. The van der Waals surface area contributed by atoms with Crippen LogP contribution in [-0.4, -0.2) is 31.7 Å². The molecular weight excluding hydrogens is 347 g/mol. The summed E-state index contributed by atoms with van der Waals surface area (Å²) in [4.78, 5) is 16.3. The standard InChI is InChI=1S/C17H15FN2O4S/c1-22-13-7-12-15(8-14(13)23-2)25-17(19-12)20-16(21)9-24-11-5-3-10(18)4-6-11/h3-8H,9H2,1-2H3,(H,19,20,21). The first kappa shape index (κ1) is 17.0. The smallest absolute Gasteiger partial charge is 0.264 e. The summed E-state index contributed by atoms with van der Waals surface area (Å²) in [5.41, 5.74) is 0.692. The number of hydrogen-bond acceptors (Lipinski definition) is 6. The molecule has 0 aliphatic rings. The molecule has 0 fully saturated rings. The molecule has 0 aliphatic carbocycles. The van der Waals surface area contributed by atoms with E-state index in [4.69, 9.17) is 14.2 Å². The van der Waals surface area contributed by atoms with Crippen LogP contribution in [0.2, 0.25) is 0 Å². The van der Waals surface area contributed by atoms with Crippen LogP contribution in [0.25, 0.3) is 10.2 Å². The molecule has 0 unspecified atom stereocenters. The minimum atomic E-state index is -0.364. The van der Waals surface area contributed by atoms with E-state index in [1.54, 1.807) is 26.4 Å². The van der Waals surface area contributed by atoms with E-state index < -0.39 is 0 Å². The van der Waals surface area contributed by atoms with Gasteiger partial charge in [0.1, 0.15) is 11.6 Å². The van der Waals surface area contributed by atoms with Gasteiger partial charge in [0.15, 0.2) is 23.2 Å². The molecule has 25 heavy (non-hydrogen) atoms. The predicted molar refractivity (Wildman–Crippen MR) is 93.2 cm³/mol. The average molecular weight is 362 g/mol. The van der Waals surface area contributed by atoms with Gasteiger partial charge in [0.05, 0.1) is 24.4 Å². The summed E-state index contributed by atoms with van der Waals surface area (Å²) in [6, 6.07) is 8.99. The van der Waals surface area contributed by atoms with E-state index in [2.05, 4.69) is 10.3 Å². The molecule has 0 atom stereocenters. The summed E-state index contributed by atoms with van der Waals surface area (Å²) in [5, 5.41) is 3.12. The molecule has 3 rings (SSSR count). The molecular formula is C17H15FN2O4S. The molecule has 0 bridgehead atoms. The van der Waals surface area contributed by atoms with Crippen molar-refractivity contribution in [2.45, 2.75) is 0 Å². The molecule has 0 saturated heterocycles. The summed E-state index contributed by atoms with van der Waals surface area (Å²) in [6.45, 7) is -0.200. The van der Waals surface area contributed by atoms with Crippen molar-refractivity contribution in [3.05, 3.63) is 42.2 Å². The zero-order valence-electron chi connectivity index (χ0n) is 13.5. The lowest BCUT2D eigenvalue weighted by Gasteiger charge is -2.05. The van der Waals surface area contributed by atoms with Crippen molar-refractivity contribution in [1.29, 1.82) is 0 Å². The molecule has 0 radical (unpaired) electrons. The third-order valence-electron chi connectivity index (χ3n) is 3.32. The first-order chi connectivity index (χ1) is 12.1. The van der Waals surface area contributed by atoms with E-state index in [0.717, 1.165) is 4.70 Å². The second-order valence-corrected chi connectivity index (χ2v) is 6.02. The first-order valence-electron chi connectivity index (χ1n) is 7.30. The first-order valence-corrected chi connectivity index (χ1v) is 8.11. The Morgan fingerprint density at radius 3 is 2.52 bits per heavy atom. The minimum absolute atomic E-state index is 0.200. The second-order valence-electron chi connectivity index (χ2n) is 4.98. The summed E-state index contributed by atoms with van der Waals surface area (Å²) < 4.78 is 29.5. The summed E-state index contributed by atoms with van der Waals surface area (Å²) in [5.74, 6) is 0.851. The number of thiazole rings is 1. The molecule has 0 aliphatic heterocycles. The highest BCUT2D eigenvalue weighted by Crippen LogP contribution is 2.36. The topological polar surface area (TPSA) is 69.7 Å². The van der Waals surface area contributed by atoms with E-state index in [-0.39, 0.29) is 18.3 Å². The Kier molecular flexibility index (Phi) is 4.99. The fraction of sp³-hybridized carbons (Fsp3) is 0.176. The highest BCUT2D eigenvalue weighted by Gasteiger charge is 2.12. The number of nitrogens with zero attached hydrogens (tertiary/aromatic N) is 1. The number of nitrogens with one attached hydrogen (secondary N) is 1. The van der Waals surface area contributed by atoms with E-state index in [1.807, 2.05) is 0 Å². The van der Waals surface area contributed by atoms with Crippen LogP contribution in [0.5, 0.6) is 17.2 Å². The van der Waals surface area contributed by atoms with Gasteiger partial charge in [-0.3, -0.25) is 10.1 Å². The molecule has 1 amide bonds. The number of rotatable bonds is 6. The number of methoxy groups -OCH3 is 2. The predicted octanol–water partition coefficient (Wildman–Crippen LogP) is 3.47. The third kappa shape index (κ3) is 3.97. The molecule has 3 aromatic rings. The molecule has 130 valence electrons. The van der Waals surface area contributed by atoms with Gasteiger partial charge >= 0.3 is 0 Å². The van der Waals surface area contributed by atoms with Crippen molar-refractivity contribution in [3.8, 4) is 17.2 Å². The highest BCUT2D eigenvalue weighted by atomic mass is 32.1. The maximum Gasteiger partial charge on any atom is 0.264 e. The fourth-order valence-electron chi connectivity index (χ4n) is 2.14. The van der Waals surface area contributed by atoms with Gasteiger partial charge in [0.25, 0.3) is 5.91 Å². The van der Waals surface area contributed by atoms with E-state index in [0.29, 0.717) is 27.9 Å². The van der Waals surface area contributed by atoms with Crippen LogP contribution in [0.4, 0.5) is 9.52 Å². The monoisotopic (exact) mass is 362 g/mol. The summed E-state index contributed by atoms with van der Waals surface area (Å²) >= 11 is 1.31. The normalized spacial score (nSPS) is 10.5. The van der Waals surface area contributed by atoms with Crippen molar-refractivity contribution in [2.75, 3.05) is 26.1 Å². The van der Waals surface area contributed by atoms with Gasteiger partial charge in [-0.2, -0.15) is 0 Å².